The van der Waals surface area contributed by atoms with E-state index in [2.05, 4.69) is 15.4 Å². The highest BCUT2D eigenvalue weighted by molar-refractivity contribution is 6.32. The molecule has 1 spiro atoms. The van der Waals surface area contributed by atoms with Crippen LogP contribution in [0.25, 0.3) is 11.0 Å². The Hall–Kier alpha value is -1.40. The molecule has 1 aromatic carbocycles. The van der Waals surface area contributed by atoms with Crippen LogP contribution in [0.5, 0.6) is 0 Å². The molecule has 6 rings (SSSR count). The van der Waals surface area contributed by atoms with Gasteiger partial charge in [-0.3, -0.25) is 4.90 Å². The van der Waals surface area contributed by atoms with Crippen molar-refractivity contribution >= 4 is 28.4 Å². The molecule has 1 atom stereocenters. The fourth-order valence-electron chi connectivity index (χ4n) is 4.78. The van der Waals surface area contributed by atoms with Crippen LogP contribution in [0.3, 0.4) is 0 Å². The summed E-state index contributed by atoms with van der Waals surface area (Å²) in [7, 11) is 0. The van der Waals surface area contributed by atoms with Gasteiger partial charge in [-0.2, -0.15) is 0 Å². The van der Waals surface area contributed by atoms with Crippen LogP contribution >= 0.6 is 11.6 Å². The number of hydrogen-bond donors (Lipinski definition) is 1. The van der Waals surface area contributed by atoms with Crippen LogP contribution in [0, 0.1) is 5.92 Å². The average molecular weight is 354 g/mol. The van der Waals surface area contributed by atoms with E-state index >= 15 is 0 Å². The summed E-state index contributed by atoms with van der Waals surface area (Å²) in [6.45, 7) is 2.35. The lowest BCUT2D eigenvalue weighted by atomic mass is 9.77. The van der Waals surface area contributed by atoms with Crippen molar-refractivity contribution in [1.82, 2.24) is 10.1 Å². The molecule has 0 radical (unpaired) electrons. The molecule has 4 fully saturated rings. The fraction of sp³-hybridized carbons (Fsp3) is 0.588. The Labute approximate surface area is 143 Å². The van der Waals surface area contributed by atoms with Gasteiger partial charge in [-0.1, -0.05) is 16.8 Å². The van der Waals surface area contributed by atoms with Crippen LogP contribution in [0.2, 0.25) is 5.02 Å². The van der Waals surface area contributed by atoms with Gasteiger partial charge in [-0.25, -0.2) is 8.78 Å². The van der Waals surface area contributed by atoms with Crippen LogP contribution in [0.15, 0.2) is 16.7 Å². The number of benzene rings is 1. The third kappa shape index (κ3) is 1.96. The van der Waals surface area contributed by atoms with Crippen LogP contribution in [0.4, 0.5) is 14.6 Å². The third-order valence-corrected chi connectivity index (χ3v) is 6.45. The summed E-state index contributed by atoms with van der Waals surface area (Å²) < 4.78 is 31.8. The second kappa shape index (κ2) is 5.05. The van der Waals surface area contributed by atoms with Crippen LogP contribution in [-0.2, 0) is 0 Å². The van der Waals surface area contributed by atoms with Gasteiger partial charge in [0.1, 0.15) is 0 Å². The quantitative estimate of drug-likeness (QED) is 0.884. The maximum Gasteiger partial charge on any atom is 0.269 e. The molecular formula is C17H18ClF2N3O. The SMILES string of the molecule is FC(F)c1c(Cl)ccc2c(N[C@H]3C4CCN(CC4)C34CC4)noc12. The molecule has 2 aromatic rings. The van der Waals surface area contributed by atoms with Gasteiger partial charge in [0.15, 0.2) is 11.4 Å². The third-order valence-electron chi connectivity index (χ3n) is 6.12. The van der Waals surface area contributed by atoms with Crippen molar-refractivity contribution in [2.45, 2.75) is 43.7 Å². The summed E-state index contributed by atoms with van der Waals surface area (Å²) in [5.41, 5.74) is 0.0561. The molecule has 3 aliphatic heterocycles. The lowest BCUT2D eigenvalue weighted by molar-refractivity contribution is 0.0202. The van der Waals surface area contributed by atoms with Gasteiger partial charge in [0.25, 0.3) is 6.43 Å². The van der Waals surface area contributed by atoms with E-state index in [0.717, 1.165) is 0 Å². The number of alkyl halides is 2. The number of nitrogens with one attached hydrogen (secondary N) is 1. The van der Waals surface area contributed by atoms with E-state index in [0.29, 0.717) is 23.2 Å². The van der Waals surface area contributed by atoms with Crippen molar-refractivity contribution in [3.63, 3.8) is 0 Å². The Morgan fingerprint density at radius 2 is 2.04 bits per heavy atom. The highest BCUT2D eigenvalue weighted by atomic mass is 35.5. The van der Waals surface area contributed by atoms with Crippen molar-refractivity contribution in [3.05, 3.63) is 22.7 Å². The van der Waals surface area contributed by atoms with Crippen molar-refractivity contribution in [2.24, 2.45) is 5.92 Å². The molecule has 4 aliphatic rings. The van der Waals surface area contributed by atoms with E-state index in [1.165, 1.54) is 44.8 Å². The van der Waals surface area contributed by atoms with E-state index in [4.69, 9.17) is 16.1 Å². The molecule has 3 saturated heterocycles. The van der Waals surface area contributed by atoms with Crippen molar-refractivity contribution in [2.75, 3.05) is 18.4 Å². The summed E-state index contributed by atoms with van der Waals surface area (Å²) in [5.74, 6) is 1.18. The smallest absolute Gasteiger partial charge is 0.269 e. The minimum atomic E-state index is -2.69. The Kier molecular flexibility index (Phi) is 3.14. The van der Waals surface area contributed by atoms with E-state index < -0.39 is 6.43 Å². The maximum atomic E-state index is 13.3. The first kappa shape index (κ1) is 14.9. The Morgan fingerprint density at radius 1 is 1.29 bits per heavy atom. The number of rotatable bonds is 3. The summed E-state index contributed by atoms with van der Waals surface area (Å²) in [6, 6.07) is 3.53. The standard InChI is InChI=1S/C17H18ClF2N3O/c18-11-2-1-10-13(12(11)15(19)20)24-22-16(10)21-14-9-3-7-23(8-4-9)17(14)5-6-17/h1-2,9,14-15H,3-8H2,(H,21,22)/t14-/m0/s1. The molecule has 7 heteroatoms. The number of fused-ring (bicyclic) bond motifs is 3. The highest BCUT2D eigenvalue weighted by Gasteiger charge is 2.60. The van der Waals surface area contributed by atoms with E-state index in [1.807, 2.05) is 0 Å². The van der Waals surface area contributed by atoms with Gasteiger partial charge < -0.3 is 9.84 Å². The van der Waals surface area contributed by atoms with Gasteiger partial charge in [0.05, 0.1) is 16.0 Å². The summed E-state index contributed by atoms with van der Waals surface area (Å²) >= 11 is 5.91. The predicted octanol–water partition coefficient (Wildman–Crippen LogP) is 4.46. The Balaban J connectivity index is 1.53. The lowest BCUT2D eigenvalue weighted by Gasteiger charge is -2.52. The average Bonchev–Trinajstić information content (AvgIpc) is 3.25. The molecule has 2 bridgehead atoms. The van der Waals surface area contributed by atoms with Crippen molar-refractivity contribution in [3.8, 4) is 0 Å². The molecule has 128 valence electrons. The monoisotopic (exact) mass is 353 g/mol. The first-order valence-corrected chi connectivity index (χ1v) is 8.85. The molecule has 4 nitrogen and oxygen atoms in total. The predicted molar refractivity (Wildman–Crippen MR) is 87.6 cm³/mol. The molecule has 1 saturated carbocycles. The minimum Gasteiger partial charge on any atom is -0.362 e. The van der Waals surface area contributed by atoms with Gasteiger partial charge in [-0.15, -0.1) is 0 Å². The van der Waals surface area contributed by atoms with Crippen LogP contribution in [-0.4, -0.2) is 34.7 Å². The van der Waals surface area contributed by atoms with Crippen molar-refractivity contribution in [1.29, 1.82) is 0 Å². The number of anilines is 1. The second-order valence-electron chi connectivity index (χ2n) is 7.22. The first-order valence-electron chi connectivity index (χ1n) is 8.48. The van der Waals surface area contributed by atoms with Gasteiger partial charge in [-0.05, 0) is 56.8 Å². The minimum absolute atomic E-state index is 0.0155. The molecule has 1 aromatic heterocycles. The number of nitrogens with zero attached hydrogens (tertiary/aromatic N) is 2. The number of hydrogen-bond acceptors (Lipinski definition) is 4. The molecule has 1 N–H and O–H groups in total. The van der Waals surface area contributed by atoms with Crippen LogP contribution < -0.4 is 5.32 Å². The number of aromatic nitrogens is 1. The zero-order valence-corrected chi connectivity index (χ0v) is 13.8. The lowest BCUT2D eigenvalue weighted by Crippen LogP contribution is -2.62. The topological polar surface area (TPSA) is 41.3 Å². The fourth-order valence-corrected chi connectivity index (χ4v) is 5.01. The summed E-state index contributed by atoms with van der Waals surface area (Å²) in [6.07, 6.45) is 2.08. The Morgan fingerprint density at radius 3 is 2.71 bits per heavy atom. The highest BCUT2D eigenvalue weighted by Crippen LogP contribution is 2.54. The van der Waals surface area contributed by atoms with E-state index in [9.17, 15) is 8.78 Å². The molecule has 24 heavy (non-hydrogen) atoms. The molecule has 4 heterocycles. The van der Waals surface area contributed by atoms with Gasteiger partial charge in [0.2, 0.25) is 0 Å². The van der Waals surface area contributed by atoms with Crippen LogP contribution in [0.1, 0.15) is 37.7 Å². The van der Waals surface area contributed by atoms with Gasteiger partial charge >= 0.3 is 0 Å². The molecular weight excluding hydrogens is 336 g/mol. The largest absolute Gasteiger partial charge is 0.362 e. The first-order chi connectivity index (χ1) is 11.6. The molecule has 1 aliphatic carbocycles. The zero-order chi connectivity index (χ0) is 16.5. The molecule has 0 unspecified atom stereocenters. The number of piperidine rings is 3. The summed E-state index contributed by atoms with van der Waals surface area (Å²) in [4.78, 5) is 2.59. The molecule has 0 amide bonds. The maximum absolute atomic E-state index is 13.3. The number of halogens is 3. The second-order valence-corrected chi connectivity index (χ2v) is 7.63. The normalized spacial score (nSPS) is 30.4. The van der Waals surface area contributed by atoms with Gasteiger partial charge in [0, 0.05) is 11.6 Å². The Bertz CT molecular complexity index is 796. The zero-order valence-electron chi connectivity index (χ0n) is 13.1. The van der Waals surface area contributed by atoms with E-state index in [-0.39, 0.29) is 21.7 Å². The van der Waals surface area contributed by atoms with E-state index in [1.54, 1.807) is 6.07 Å². The summed E-state index contributed by atoms with van der Waals surface area (Å²) in [5, 5.41) is 8.19. The van der Waals surface area contributed by atoms with Crippen molar-refractivity contribution < 1.29 is 13.3 Å².